The van der Waals surface area contributed by atoms with Crippen molar-refractivity contribution in [2.45, 2.75) is 31.0 Å². The van der Waals surface area contributed by atoms with Gasteiger partial charge in [0.2, 0.25) is 0 Å². The van der Waals surface area contributed by atoms with Gasteiger partial charge in [-0.05, 0) is 19.3 Å². The van der Waals surface area contributed by atoms with E-state index in [1.165, 1.54) is 0 Å². The zero-order valence-electron chi connectivity index (χ0n) is 7.52. The molecule has 0 spiro atoms. The van der Waals surface area contributed by atoms with Crippen LogP contribution in [0.2, 0.25) is 0 Å². The Morgan fingerprint density at radius 2 is 1.67 bits per heavy atom. The lowest BCUT2D eigenvalue weighted by atomic mass is 9.39. The SMILES string of the molecule is O=C(NC12CC(C(=O)O)(C1)C2)C(F)(F)F. The normalized spacial score (nSPS) is 37.5. The number of amides is 1. The number of carbonyl (C=O) groups excluding carboxylic acids is 1. The molecule has 2 N–H and O–H groups in total. The van der Waals surface area contributed by atoms with E-state index in [-0.39, 0.29) is 19.3 Å². The highest BCUT2D eigenvalue weighted by Crippen LogP contribution is 2.67. The van der Waals surface area contributed by atoms with E-state index in [1.807, 2.05) is 5.32 Å². The molecular formula is C8H8F3NO3. The van der Waals surface area contributed by atoms with Crippen molar-refractivity contribution in [3.63, 3.8) is 0 Å². The summed E-state index contributed by atoms with van der Waals surface area (Å²) in [6.45, 7) is 0. The Kier molecular flexibility index (Phi) is 1.68. The van der Waals surface area contributed by atoms with Gasteiger partial charge < -0.3 is 10.4 Å². The van der Waals surface area contributed by atoms with Crippen molar-refractivity contribution in [1.29, 1.82) is 0 Å². The minimum atomic E-state index is -4.90. The molecule has 1 amide bonds. The standard InChI is InChI=1S/C8H8F3NO3/c9-8(10,11)4(13)12-7-1-6(2-7,3-7)5(14)15/h1-3H2,(H,12,13)(H,14,15). The second-order valence-corrected chi connectivity index (χ2v) is 4.35. The summed E-state index contributed by atoms with van der Waals surface area (Å²) in [7, 11) is 0. The first-order valence-electron chi connectivity index (χ1n) is 4.32. The molecule has 84 valence electrons. The van der Waals surface area contributed by atoms with Crippen LogP contribution in [0.15, 0.2) is 0 Å². The van der Waals surface area contributed by atoms with E-state index in [1.54, 1.807) is 0 Å². The molecule has 4 nitrogen and oxygen atoms in total. The summed E-state index contributed by atoms with van der Waals surface area (Å²) in [5, 5.41) is 10.6. The molecule has 0 heterocycles. The molecule has 2 bridgehead atoms. The summed E-state index contributed by atoms with van der Waals surface area (Å²) in [5.41, 5.74) is -1.79. The summed E-state index contributed by atoms with van der Waals surface area (Å²) >= 11 is 0. The van der Waals surface area contributed by atoms with E-state index >= 15 is 0 Å². The first-order valence-corrected chi connectivity index (χ1v) is 4.32. The molecule has 0 aromatic rings. The van der Waals surface area contributed by atoms with Gasteiger partial charge in [-0.2, -0.15) is 13.2 Å². The summed E-state index contributed by atoms with van der Waals surface area (Å²) in [4.78, 5) is 21.2. The summed E-state index contributed by atoms with van der Waals surface area (Å²) in [6.07, 6.45) is -4.57. The second kappa shape index (κ2) is 2.45. The monoisotopic (exact) mass is 223 g/mol. The highest BCUT2D eigenvalue weighted by molar-refractivity contribution is 5.86. The van der Waals surface area contributed by atoms with Gasteiger partial charge in [0, 0.05) is 5.54 Å². The Hall–Kier alpha value is -1.27. The summed E-state index contributed by atoms with van der Waals surface area (Å²) in [5.74, 6) is -2.98. The van der Waals surface area contributed by atoms with Crippen LogP contribution in [0.3, 0.4) is 0 Å². The van der Waals surface area contributed by atoms with E-state index in [4.69, 9.17) is 5.11 Å². The quantitative estimate of drug-likeness (QED) is 0.723. The molecule has 0 aromatic carbocycles. The van der Waals surface area contributed by atoms with E-state index in [0.717, 1.165) is 0 Å². The molecule has 0 saturated heterocycles. The zero-order chi connectivity index (χ0) is 11.5. The Labute approximate surface area is 82.4 Å². The van der Waals surface area contributed by atoms with Crippen LogP contribution in [-0.4, -0.2) is 28.7 Å². The summed E-state index contributed by atoms with van der Waals surface area (Å²) in [6, 6.07) is 0. The smallest absolute Gasteiger partial charge is 0.471 e. The molecule has 3 aliphatic carbocycles. The predicted molar refractivity (Wildman–Crippen MR) is 40.8 cm³/mol. The lowest BCUT2D eigenvalue weighted by Crippen LogP contribution is -2.77. The number of halogens is 3. The van der Waals surface area contributed by atoms with Crippen LogP contribution in [0.5, 0.6) is 0 Å². The molecule has 0 aliphatic heterocycles. The van der Waals surface area contributed by atoms with Gasteiger partial charge in [0.25, 0.3) is 0 Å². The van der Waals surface area contributed by atoms with Crippen LogP contribution in [0.4, 0.5) is 13.2 Å². The maximum Gasteiger partial charge on any atom is 0.471 e. The van der Waals surface area contributed by atoms with Gasteiger partial charge in [-0.15, -0.1) is 0 Å². The van der Waals surface area contributed by atoms with Crippen molar-refractivity contribution in [2.75, 3.05) is 0 Å². The number of aliphatic carboxylic acids is 1. The van der Waals surface area contributed by atoms with E-state index in [9.17, 15) is 22.8 Å². The highest BCUT2D eigenvalue weighted by Gasteiger charge is 2.73. The number of hydrogen-bond acceptors (Lipinski definition) is 2. The fourth-order valence-electron chi connectivity index (χ4n) is 2.46. The van der Waals surface area contributed by atoms with Crippen LogP contribution in [0.1, 0.15) is 19.3 Å². The maximum absolute atomic E-state index is 11.9. The van der Waals surface area contributed by atoms with Gasteiger partial charge in [-0.1, -0.05) is 0 Å². The fourth-order valence-corrected chi connectivity index (χ4v) is 2.46. The lowest BCUT2D eigenvalue weighted by Gasteiger charge is -2.67. The molecule has 0 radical (unpaired) electrons. The Balaban J connectivity index is 1.92. The number of carbonyl (C=O) groups is 2. The molecule has 3 rings (SSSR count). The molecule has 0 aromatic heterocycles. The highest BCUT2D eigenvalue weighted by atomic mass is 19.4. The third-order valence-electron chi connectivity index (χ3n) is 3.12. The molecule has 3 saturated carbocycles. The van der Waals surface area contributed by atoms with Crippen molar-refractivity contribution >= 4 is 11.9 Å². The first kappa shape index (κ1) is 10.3. The Morgan fingerprint density at radius 3 is 2.00 bits per heavy atom. The lowest BCUT2D eigenvalue weighted by molar-refractivity contribution is -0.209. The van der Waals surface area contributed by atoms with Crippen LogP contribution in [-0.2, 0) is 9.59 Å². The van der Waals surface area contributed by atoms with Gasteiger partial charge >= 0.3 is 18.1 Å². The van der Waals surface area contributed by atoms with Gasteiger partial charge in [0.05, 0.1) is 5.41 Å². The van der Waals surface area contributed by atoms with Crippen LogP contribution in [0, 0.1) is 5.41 Å². The number of rotatable bonds is 2. The van der Waals surface area contributed by atoms with Crippen molar-refractivity contribution in [3.8, 4) is 0 Å². The Bertz CT molecular complexity index is 330. The van der Waals surface area contributed by atoms with Crippen LogP contribution >= 0.6 is 0 Å². The first-order chi connectivity index (χ1) is 6.69. The van der Waals surface area contributed by atoms with Crippen molar-refractivity contribution in [1.82, 2.24) is 5.32 Å². The average molecular weight is 223 g/mol. The average Bonchev–Trinajstić information content (AvgIpc) is 1.89. The fraction of sp³-hybridized carbons (Fsp3) is 0.750. The number of carboxylic acid groups (broad SMARTS) is 1. The van der Waals surface area contributed by atoms with Crippen molar-refractivity contribution in [3.05, 3.63) is 0 Å². The number of nitrogens with one attached hydrogen (secondary N) is 1. The van der Waals surface area contributed by atoms with Crippen molar-refractivity contribution < 1.29 is 27.9 Å². The summed E-state index contributed by atoms with van der Waals surface area (Å²) < 4.78 is 35.6. The topological polar surface area (TPSA) is 66.4 Å². The maximum atomic E-state index is 11.9. The number of hydrogen-bond donors (Lipinski definition) is 2. The minimum Gasteiger partial charge on any atom is -0.481 e. The van der Waals surface area contributed by atoms with Crippen LogP contribution in [0.25, 0.3) is 0 Å². The molecule has 3 aliphatic rings. The zero-order valence-corrected chi connectivity index (χ0v) is 7.52. The number of alkyl halides is 3. The minimum absolute atomic E-state index is 0.108. The van der Waals surface area contributed by atoms with E-state index in [2.05, 4.69) is 0 Å². The largest absolute Gasteiger partial charge is 0.481 e. The third-order valence-corrected chi connectivity index (χ3v) is 3.12. The second-order valence-electron chi connectivity index (χ2n) is 4.35. The van der Waals surface area contributed by atoms with Crippen molar-refractivity contribution in [2.24, 2.45) is 5.41 Å². The van der Waals surface area contributed by atoms with Gasteiger partial charge in [0.1, 0.15) is 0 Å². The van der Waals surface area contributed by atoms with Gasteiger partial charge in [-0.3, -0.25) is 9.59 Å². The van der Waals surface area contributed by atoms with Gasteiger partial charge in [0.15, 0.2) is 0 Å². The van der Waals surface area contributed by atoms with Crippen LogP contribution < -0.4 is 5.32 Å². The molecule has 0 atom stereocenters. The van der Waals surface area contributed by atoms with E-state index < -0.39 is 29.0 Å². The molecule has 15 heavy (non-hydrogen) atoms. The predicted octanol–water partition coefficient (Wildman–Crippen LogP) is 0.672. The van der Waals surface area contributed by atoms with Gasteiger partial charge in [-0.25, -0.2) is 0 Å². The molecule has 7 heteroatoms. The molecular weight excluding hydrogens is 215 g/mol. The van der Waals surface area contributed by atoms with E-state index in [0.29, 0.717) is 0 Å². The molecule has 0 unspecified atom stereocenters. The number of carboxylic acids is 1. The third kappa shape index (κ3) is 1.29. The Morgan fingerprint density at radius 1 is 1.20 bits per heavy atom. The molecule has 3 fully saturated rings.